The maximum absolute atomic E-state index is 11.2. The smallest absolute Gasteiger partial charge is 0.358 e. The Labute approximate surface area is 118 Å². The van der Waals surface area contributed by atoms with Crippen molar-refractivity contribution in [1.82, 2.24) is 14.9 Å². The molecule has 7 heteroatoms. The zero-order valence-corrected chi connectivity index (χ0v) is 12.0. The van der Waals surface area contributed by atoms with Gasteiger partial charge in [0.2, 0.25) is 12.1 Å². The van der Waals surface area contributed by atoms with Crippen LogP contribution in [0.3, 0.4) is 0 Å². The normalized spacial score (nSPS) is 28.6. The Kier molecular flexibility index (Phi) is 3.37. The Hall–Kier alpha value is -1.63. The molecule has 3 rings (SSSR count). The van der Waals surface area contributed by atoms with Crippen LogP contribution in [0.5, 0.6) is 0 Å². The summed E-state index contributed by atoms with van der Waals surface area (Å²) >= 11 is 0. The van der Waals surface area contributed by atoms with Crippen molar-refractivity contribution in [3.63, 3.8) is 0 Å². The number of aromatic nitrogens is 2. The van der Waals surface area contributed by atoms with E-state index in [2.05, 4.69) is 22.1 Å². The van der Waals surface area contributed by atoms with E-state index in [4.69, 9.17) is 0 Å². The molecule has 110 valence electrons. The van der Waals surface area contributed by atoms with E-state index in [1.54, 1.807) is 4.57 Å². The zero-order chi connectivity index (χ0) is 14.3. The van der Waals surface area contributed by atoms with E-state index < -0.39 is 0 Å². The van der Waals surface area contributed by atoms with Crippen molar-refractivity contribution >= 4 is 11.6 Å². The summed E-state index contributed by atoms with van der Waals surface area (Å²) in [5, 5.41) is 14.8. The number of fused-ring (bicyclic) bond motifs is 2. The maximum Gasteiger partial charge on any atom is 0.406 e. The molecule has 0 aliphatic carbocycles. The topological polar surface area (TPSA) is 76.2 Å². The number of aryl methyl sites for hydroxylation is 1. The van der Waals surface area contributed by atoms with Crippen LogP contribution in [0.25, 0.3) is 0 Å². The van der Waals surface area contributed by atoms with E-state index in [1.807, 2.05) is 7.05 Å². The van der Waals surface area contributed by atoms with Crippen LogP contribution in [0.2, 0.25) is 0 Å². The molecular weight excluding hydrogens is 258 g/mol. The van der Waals surface area contributed by atoms with E-state index in [1.165, 1.54) is 19.2 Å². The average Bonchev–Trinajstić information content (AvgIpc) is 2.95. The first-order valence-electron chi connectivity index (χ1n) is 7.28. The molecular formula is C13H21N5O2. The van der Waals surface area contributed by atoms with Gasteiger partial charge < -0.3 is 20.3 Å². The molecule has 2 aliphatic heterocycles. The molecule has 7 nitrogen and oxygen atoms in total. The number of hydrogen-bond acceptors (Lipinski definition) is 5. The van der Waals surface area contributed by atoms with Gasteiger partial charge in [0, 0.05) is 31.7 Å². The fraction of sp³-hybridized carbons (Fsp3) is 0.769. The maximum atomic E-state index is 11.2. The molecule has 0 spiro atoms. The van der Waals surface area contributed by atoms with Gasteiger partial charge in [-0.1, -0.05) is 0 Å². The summed E-state index contributed by atoms with van der Waals surface area (Å²) in [6.45, 7) is 2.82. The van der Waals surface area contributed by atoms with E-state index >= 15 is 0 Å². The van der Waals surface area contributed by atoms with Gasteiger partial charge >= 0.3 is 5.82 Å². The summed E-state index contributed by atoms with van der Waals surface area (Å²) in [4.78, 5) is 16.9. The molecule has 2 fully saturated rings. The fourth-order valence-electron chi connectivity index (χ4n) is 3.73. The summed E-state index contributed by atoms with van der Waals surface area (Å²) in [5.74, 6) is 0.615. The van der Waals surface area contributed by atoms with Gasteiger partial charge in [-0.05, 0) is 42.5 Å². The summed E-state index contributed by atoms with van der Waals surface area (Å²) in [6, 6.07) is 1.51. The van der Waals surface area contributed by atoms with Crippen LogP contribution in [-0.4, -0.2) is 39.1 Å². The van der Waals surface area contributed by atoms with E-state index in [0.29, 0.717) is 23.9 Å². The third-order valence-electron chi connectivity index (χ3n) is 4.56. The van der Waals surface area contributed by atoms with E-state index in [9.17, 15) is 10.1 Å². The molecule has 2 saturated heterocycles. The Morgan fingerprint density at radius 2 is 2.15 bits per heavy atom. The molecule has 0 saturated carbocycles. The van der Waals surface area contributed by atoms with E-state index in [0.717, 1.165) is 19.4 Å². The van der Waals surface area contributed by atoms with Crippen LogP contribution in [0.15, 0.2) is 6.33 Å². The number of nitrogens with one attached hydrogen (secondary N) is 1. The van der Waals surface area contributed by atoms with Gasteiger partial charge in [-0.2, -0.15) is 0 Å². The molecule has 3 heterocycles. The Balaban J connectivity index is 1.90. The van der Waals surface area contributed by atoms with Crippen molar-refractivity contribution in [2.24, 2.45) is 7.05 Å². The number of imidazole rings is 1. The summed E-state index contributed by atoms with van der Waals surface area (Å²) < 4.78 is 1.77. The Morgan fingerprint density at radius 1 is 1.50 bits per heavy atom. The van der Waals surface area contributed by atoms with Gasteiger partial charge in [0.15, 0.2) is 0 Å². The van der Waals surface area contributed by atoms with E-state index in [-0.39, 0.29) is 10.7 Å². The highest BCUT2D eigenvalue weighted by atomic mass is 16.6. The minimum Gasteiger partial charge on any atom is -0.358 e. The molecule has 2 bridgehead atoms. The van der Waals surface area contributed by atoms with Crippen LogP contribution in [-0.2, 0) is 7.05 Å². The molecule has 1 N–H and O–H groups in total. The number of anilines is 1. The summed E-state index contributed by atoms with van der Waals surface area (Å²) in [6.07, 6.45) is 6.11. The third kappa shape index (κ3) is 2.15. The lowest BCUT2D eigenvalue weighted by molar-refractivity contribution is -0.388. The molecule has 1 aromatic heterocycles. The highest BCUT2D eigenvalue weighted by Gasteiger charge is 2.38. The number of rotatable bonds is 4. The first-order chi connectivity index (χ1) is 9.60. The molecule has 1 aromatic rings. The van der Waals surface area contributed by atoms with Gasteiger partial charge in [-0.25, -0.2) is 0 Å². The lowest BCUT2D eigenvalue weighted by Crippen LogP contribution is -2.49. The Morgan fingerprint density at radius 3 is 2.70 bits per heavy atom. The first-order valence-corrected chi connectivity index (χ1v) is 7.28. The van der Waals surface area contributed by atoms with Crippen molar-refractivity contribution in [3.05, 3.63) is 16.4 Å². The summed E-state index contributed by atoms with van der Waals surface area (Å²) in [7, 11) is 1.83. The minimum atomic E-state index is -0.381. The van der Waals surface area contributed by atoms with Crippen molar-refractivity contribution in [2.45, 2.75) is 50.7 Å². The quantitative estimate of drug-likeness (QED) is 0.666. The number of piperidine rings is 1. The highest BCUT2D eigenvalue weighted by Crippen LogP contribution is 2.35. The zero-order valence-electron chi connectivity index (χ0n) is 12.0. The van der Waals surface area contributed by atoms with Gasteiger partial charge in [-0.3, -0.25) is 4.57 Å². The predicted octanol–water partition coefficient (Wildman–Crippen LogP) is 1.44. The van der Waals surface area contributed by atoms with Gasteiger partial charge in [-0.15, -0.1) is 0 Å². The second kappa shape index (κ2) is 5.05. The lowest BCUT2D eigenvalue weighted by Gasteiger charge is -2.37. The fourth-order valence-corrected chi connectivity index (χ4v) is 3.73. The molecule has 0 radical (unpaired) electrons. The molecule has 0 amide bonds. The van der Waals surface area contributed by atoms with Crippen molar-refractivity contribution in [1.29, 1.82) is 0 Å². The monoisotopic (exact) mass is 279 g/mol. The van der Waals surface area contributed by atoms with Gasteiger partial charge in [0.1, 0.15) is 0 Å². The number of nitrogens with zero attached hydrogens (tertiary/aromatic N) is 4. The van der Waals surface area contributed by atoms with Crippen molar-refractivity contribution in [3.8, 4) is 0 Å². The van der Waals surface area contributed by atoms with Crippen LogP contribution >= 0.6 is 0 Å². The second-order valence-corrected chi connectivity index (χ2v) is 5.81. The second-order valence-electron chi connectivity index (χ2n) is 5.81. The number of hydrogen-bond donors (Lipinski definition) is 1. The number of nitro groups is 1. The predicted molar refractivity (Wildman–Crippen MR) is 75.9 cm³/mol. The van der Waals surface area contributed by atoms with Crippen LogP contribution in [0.4, 0.5) is 11.6 Å². The molecule has 2 aliphatic rings. The van der Waals surface area contributed by atoms with Gasteiger partial charge in [0.05, 0.1) is 0 Å². The third-order valence-corrected chi connectivity index (χ3v) is 4.56. The molecule has 2 atom stereocenters. The van der Waals surface area contributed by atoms with Crippen molar-refractivity contribution < 1.29 is 4.92 Å². The highest BCUT2D eigenvalue weighted by molar-refractivity contribution is 5.55. The van der Waals surface area contributed by atoms with Crippen molar-refractivity contribution in [2.75, 3.05) is 11.4 Å². The van der Waals surface area contributed by atoms with Crippen LogP contribution in [0.1, 0.15) is 32.6 Å². The Bertz CT molecular complexity index is 503. The first kappa shape index (κ1) is 13.4. The minimum absolute atomic E-state index is 0.0276. The summed E-state index contributed by atoms with van der Waals surface area (Å²) in [5.41, 5.74) is 0. The molecule has 0 aromatic carbocycles. The standard InChI is InChI=1S/C13H21N5O2/c1-3-17(11-6-9-4-5-10(7-11)15-9)13-12(18(19)20)14-8-16(13)2/h8-11,15H,3-7H2,1-2H3. The SMILES string of the molecule is CCN(c1c([N+](=O)[O-])ncn1C)C1CC2CCC(C1)N2. The van der Waals surface area contributed by atoms with Crippen LogP contribution in [0, 0.1) is 10.1 Å². The lowest BCUT2D eigenvalue weighted by atomic mass is 9.98. The average molecular weight is 279 g/mol. The van der Waals surface area contributed by atoms with Gasteiger partial charge in [0.25, 0.3) is 0 Å². The van der Waals surface area contributed by atoms with Crippen LogP contribution < -0.4 is 10.2 Å². The molecule has 20 heavy (non-hydrogen) atoms. The largest absolute Gasteiger partial charge is 0.406 e. The molecule has 2 unspecified atom stereocenters.